The van der Waals surface area contributed by atoms with Crippen LogP contribution < -0.4 is 10.1 Å². The fraction of sp³-hybridized carbons (Fsp3) is 0.238. The Morgan fingerprint density at radius 1 is 1.00 bits per heavy atom. The third-order valence-electron chi connectivity index (χ3n) is 4.57. The largest absolute Gasteiger partial charge is 0.424 e. The molecule has 1 heterocycles. The van der Waals surface area contributed by atoms with Gasteiger partial charge < -0.3 is 10.1 Å². The van der Waals surface area contributed by atoms with Crippen molar-refractivity contribution in [1.29, 1.82) is 0 Å². The summed E-state index contributed by atoms with van der Waals surface area (Å²) in [5.74, 6) is 0.759. The van der Waals surface area contributed by atoms with Gasteiger partial charge in [0.05, 0.1) is 0 Å². The number of aryl methyl sites for hydroxylation is 1. The van der Waals surface area contributed by atoms with Gasteiger partial charge in [0.15, 0.2) is 0 Å². The highest BCUT2D eigenvalue weighted by atomic mass is 16.5. The Kier molecular flexibility index (Phi) is 4.70. The van der Waals surface area contributed by atoms with E-state index in [1.54, 1.807) is 18.5 Å². The predicted octanol–water partition coefficient (Wildman–Crippen LogP) is 4.44. The van der Waals surface area contributed by atoms with E-state index in [0.717, 1.165) is 12.3 Å². The molecule has 1 aliphatic carbocycles. The number of aromatic nitrogens is 2. The SMILES string of the molecule is c1cnc(Oc2cccc(CN[C@H]3CCCc4ccccc43)c2)nc1. The normalized spacial score (nSPS) is 16.2. The van der Waals surface area contributed by atoms with Crippen molar-refractivity contribution < 1.29 is 4.74 Å². The van der Waals surface area contributed by atoms with Crippen molar-refractivity contribution in [2.24, 2.45) is 0 Å². The van der Waals surface area contributed by atoms with Crippen LogP contribution in [0.4, 0.5) is 0 Å². The minimum atomic E-state index is 0.369. The lowest BCUT2D eigenvalue weighted by Crippen LogP contribution is -2.24. The number of ether oxygens (including phenoxy) is 1. The Morgan fingerprint density at radius 2 is 1.88 bits per heavy atom. The third kappa shape index (κ3) is 3.86. The molecule has 1 atom stereocenters. The second-order valence-corrected chi connectivity index (χ2v) is 6.31. The van der Waals surface area contributed by atoms with Gasteiger partial charge in [-0.15, -0.1) is 0 Å². The molecule has 4 nitrogen and oxygen atoms in total. The van der Waals surface area contributed by atoms with Gasteiger partial charge in [-0.2, -0.15) is 0 Å². The quantitative estimate of drug-likeness (QED) is 0.751. The minimum Gasteiger partial charge on any atom is -0.424 e. The molecule has 3 aromatic rings. The summed E-state index contributed by atoms with van der Waals surface area (Å²) in [4.78, 5) is 8.20. The smallest absolute Gasteiger partial charge is 0.321 e. The second-order valence-electron chi connectivity index (χ2n) is 6.31. The summed E-state index contributed by atoms with van der Waals surface area (Å²) in [5.41, 5.74) is 4.11. The molecule has 4 heteroatoms. The summed E-state index contributed by atoms with van der Waals surface area (Å²) in [6.07, 6.45) is 6.96. The first kappa shape index (κ1) is 15.8. The van der Waals surface area contributed by atoms with Gasteiger partial charge in [0.2, 0.25) is 0 Å². The van der Waals surface area contributed by atoms with Crippen LogP contribution in [0.25, 0.3) is 0 Å². The highest BCUT2D eigenvalue weighted by molar-refractivity contribution is 5.33. The van der Waals surface area contributed by atoms with Gasteiger partial charge in [0.1, 0.15) is 5.75 Å². The Balaban J connectivity index is 1.43. The number of nitrogens with zero attached hydrogens (tertiary/aromatic N) is 2. The zero-order chi connectivity index (χ0) is 16.9. The molecule has 0 spiro atoms. The lowest BCUT2D eigenvalue weighted by Gasteiger charge is -2.26. The van der Waals surface area contributed by atoms with Crippen LogP contribution in [0, 0.1) is 0 Å². The molecule has 0 radical (unpaired) electrons. The second kappa shape index (κ2) is 7.45. The van der Waals surface area contributed by atoms with Crippen LogP contribution >= 0.6 is 0 Å². The van der Waals surface area contributed by atoms with E-state index in [4.69, 9.17) is 4.74 Å². The maximum Gasteiger partial charge on any atom is 0.321 e. The number of hydrogen-bond acceptors (Lipinski definition) is 4. The molecule has 4 rings (SSSR count). The van der Waals surface area contributed by atoms with Crippen LogP contribution in [-0.4, -0.2) is 9.97 Å². The molecule has 1 N–H and O–H groups in total. The Bertz CT molecular complexity index is 835. The minimum absolute atomic E-state index is 0.369. The van der Waals surface area contributed by atoms with E-state index < -0.39 is 0 Å². The van der Waals surface area contributed by atoms with E-state index in [1.165, 1.54) is 36.0 Å². The zero-order valence-electron chi connectivity index (χ0n) is 14.1. The van der Waals surface area contributed by atoms with E-state index in [-0.39, 0.29) is 0 Å². The van der Waals surface area contributed by atoms with Crippen molar-refractivity contribution in [1.82, 2.24) is 15.3 Å². The van der Waals surface area contributed by atoms with E-state index in [0.29, 0.717) is 12.1 Å². The molecule has 0 amide bonds. The molecular weight excluding hydrogens is 310 g/mol. The fourth-order valence-corrected chi connectivity index (χ4v) is 3.37. The van der Waals surface area contributed by atoms with Gasteiger partial charge in [0, 0.05) is 25.0 Å². The molecule has 1 aromatic heterocycles. The summed E-state index contributed by atoms with van der Waals surface area (Å²) < 4.78 is 5.72. The van der Waals surface area contributed by atoms with E-state index in [2.05, 4.69) is 45.6 Å². The average molecular weight is 331 g/mol. The van der Waals surface area contributed by atoms with Crippen LogP contribution in [0.2, 0.25) is 0 Å². The number of rotatable bonds is 5. The summed E-state index contributed by atoms with van der Waals surface area (Å²) in [5, 5.41) is 3.70. The number of hydrogen-bond donors (Lipinski definition) is 1. The first-order valence-corrected chi connectivity index (χ1v) is 8.73. The topological polar surface area (TPSA) is 47.0 Å². The van der Waals surface area contributed by atoms with Crippen molar-refractivity contribution in [3.05, 3.63) is 83.7 Å². The third-order valence-corrected chi connectivity index (χ3v) is 4.57. The maximum absolute atomic E-state index is 5.72. The molecular formula is C21H21N3O. The fourth-order valence-electron chi connectivity index (χ4n) is 3.37. The Morgan fingerprint density at radius 3 is 2.80 bits per heavy atom. The van der Waals surface area contributed by atoms with Crippen LogP contribution in [-0.2, 0) is 13.0 Å². The summed E-state index contributed by atoms with van der Waals surface area (Å²) >= 11 is 0. The van der Waals surface area contributed by atoms with Crippen LogP contribution in [0.15, 0.2) is 67.0 Å². The monoisotopic (exact) mass is 331 g/mol. The summed E-state index contributed by atoms with van der Waals surface area (Å²) in [6.45, 7) is 0.811. The summed E-state index contributed by atoms with van der Waals surface area (Å²) in [6, 6.07) is 19.4. The van der Waals surface area contributed by atoms with E-state index in [1.807, 2.05) is 18.2 Å². The number of nitrogens with one attached hydrogen (secondary N) is 1. The van der Waals surface area contributed by atoms with Gasteiger partial charge in [-0.1, -0.05) is 36.4 Å². The van der Waals surface area contributed by atoms with Crippen LogP contribution in [0.3, 0.4) is 0 Å². The molecule has 25 heavy (non-hydrogen) atoms. The predicted molar refractivity (Wildman–Crippen MR) is 97.5 cm³/mol. The van der Waals surface area contributed by atoms with Gasteiger partial charge in [-0.25, -0.2) is 9.97 Å². The van der Waals surface area contributed by atoms with E-state index >= 15 is 0 Å². The lowest BCUT2D eigenvalue weighted by atomic mass is 9.87. The van der Waals surface area contributed by atoms with Gasteiger partial charge >= 0.3 is 6.01 Å². The van der Waals surface area contributed by atoms with Crippen molar-refractivity contribution in [2.45, 2.75) is 31.8 Å². The standard InChI is InChI=1S/C21H21N3O/c1-2-10-19-17(7-1)8-4-11-20(19)24-15-16-6-3-9-18(14-16)25-21-22-12-5-13-23-21/h1-3,5-7,9-10,12-14,20,24H,4,8,11,15H2/t20-/m0/s1. The molecule has 0 unspecified atom stereocenters. The van der Waals surface area contributed by atoms with Crippen LogP contribution in [0.1, 0.15) is 35.6 Å². The number of fused-ring (bicyclic) bond motifs is 1. The van der Waals surface area contributed by atoms with Crippen molar-refractivity contribution >= 4 is 0 Å². The van der Waals surface area contributed by atoms with Crippen molar-refractivity contribution in [2.75, 3.05) is 0 Å². The molecule has 2 aromatic carbocycles. The van der Waals surface area contributed by atoms with Crippen molar-refractivity contribution in [3.63, 3.8) is 0 Å². The molecule has 0 saturated heterocycles. The number of benzene rings is 2. The molecule has 0 fully saturated rings. The van der Waals surface area contributed by atoms with Crippen molar-refractivity contribution in [3.8, 4) is 11.8 Å². The highest BCUT2D eigenvalue weighted by Gasteiger charge is 2.18. The molecule has 0 bridgehead atoms. The Hall–Kier alpha value is -2.72. The zero-order valence-corrected chi connectivity index (χ0v) is 14.1. The highest BCUT2D eigenvalue weighted by Crippen LogP contribution is 2.29. The first-order chi connectivity index (χ1) is 12.4. The first-order valence-electron chi connectivity index (χ1n) is 8.73. The maximum atomic E-state index is 5.72. The van der Waals surface area contributed by atoms with E-state index in [9.17, 15) is 0 Å². The van der Waals surface area contributed by atoms with Gasteiger partial charge in [0.25, 0.3) is 0 Å². The molecule has 1 aliphatic rings. The van der Waals surface area contributed by atoms with Gasteiger partial charge in [-0.3, -0.25) is 0 Å². The average Bonchev–Trinajstić information content (AvgIpc) is 2.67. The van der Waals surface area contributed by atoms with Gasteiger partial charge in [-0.05, 0) is 54.2 Å². The summed E-state index contributed by atoms with van der Waals surface area (Å²) in [7, 11) is 0. The lowest BCUT2D eigenvalue weighted by molar-refractivity contribution is 0.438. The van der Waals surface area contributed by atoms with Crippen LogP contribution in [0.5, 0.6) is 11.8 Å². The molecule has 126 valence electrons. The Labute approximate surface area is 147 Å². The molecule has 0 aliphatic heterocycles. The molecule has 0 saturated carbocycles.